The summed E-state index contributed by atoms with van der Waals surface area (Å²) in [5.74, 6) is -7.01. The van der Waals surface area contributed by atoms with Gasteiger partial charge in [-0.3, -0.25) is 14.2 Å². The number of aliphatic hydroxyl groups is 1. The molecule has 202 valence electrons. The predicted octanol–water partition coefficient (Wildman–Crippen LogP) is 4.47. The molecule has 0 bridgehead atoms. The molecular weight excluding hydrogens is 522 g/mol. The number of hydrogen-bond donors (Lipinski definition) is 2. The van der Waals surface area contributed by atoms with E-state index in [1.165, 1.54) is 32.9 Å². The molecular formula is C24H20F6N4O4. The lowest BCUT2D eigenvalue weighted by molar-refractivity contribution is -0.139. The molecule has 3 aromatic rings. The third-order valence-electron chi connectivity index (χ3n) is 5.54. The van der Waals surface area contributed by atoms with Crippen LogP contribution in [0.1, 0.15) is 53.9 Å². The van der Waals surface area contributed by atoms with Crippen LogP contribution in [0, 0.1) is 18.3 Å². The maximum absolute atomic E-state index is 14.4. The zero-order valence-electron chi connectivity index (χ0n) is 20.0. The Bertz CT molecular complexity index is 1520. The van der Waals surface area contributed by atoms with Crippen LogP contribution in [0.15, 0.2) is 40.2 Å². The molecule has 1 aromatic carbocycles. The van der Waals surface area contributed by atoms with E-state index < -0.39 is 64.8 Å². The van der Waals surface area contributed by atoms with Gasteiger partial charge in [0.15, 0.2) is 5.69 Å². The van der Waals surface area contributed by atoms with Gasteiger partial charge in [0.2, 0.25) is 5.75 Å². The molecule has 2 aromatic heterocycles. The number of halogens is 6. The summed E-state index contributed by atoms with van der Waals surface area (Å²) in [5.41, 5.74) is -6.51. The van der Waals surface area contributed by atoms with Gasteiger partial charge < -0.3 is 14.8 Å². The van der Waals surface area contributed by atoms with E-state index in [-0.39, 0.29) is 22.4 Å². The lowest BCUT2D eigenvalue weighted by Crippen LogP contribution is -2.33. The van der Waals surface area contributed by atoms with E-state index >= 15 is 0 Å². The van der Waals surface area contributed by atoms with Gasteiger partial charge in [0.1, 0.15) is 5.75 Å². The molecule has 0 aliphatic carbocycles. The minimum Gasteiger partial charge on any atom is -0.449 e. The summed E-state index contributed by atoms with van der Waals surface area (Å²) in [6, 6.07) is 5.72. The largest absolute Gasteiger partial charge is 0.449 e. The second kappa shape index (κ2) is 10.3. The average Bonchev–Trinajstić information content (AvgIpc) is 2.82. The van der Waals surface area contributed by atoms with E-state index in [1.54, 1.807) is 6.07 Å². The van der Waals surface area contributed by atoms with Crippen LogP contribution in [0.2, 0.25) is 0 Å². The van der Waals surface area contributed by atoms with Gasteiger partial charge in [-0.25, -0.2) is 22.5 Å². The molecule has 0 saturated heterocycles. The van der Waals surface area contributed by atoms with Crippen molar-refractivity contribution >= 4 is 0 Å². The maximum Gasteiger partial charge on any atom is 0.352 e. The van der Waals surface area contributed by atoms with E-state index in [0.29, 0.717) is 17.0 Å². The predicted molar refractivity (Wildman–Crippen MR) is 121 cm³/mol. The fourth-order valence-corrected chi connectivity index (χ4v) is 3.35. The summed E-state index contributed by atoms with van der Waals surface area (Å²) in [6.07, 6.45) is -6.92. The highest BCUT2D eigenvalue weighted by Gasteiger charge is 2.48. The highest BCUT2D eigenvalue weighted by atomic mass is 19.3. The van der Waals surface area contributed by atoms with E-state index in [4.69, 9.17) is 4.74 Å². The SMILES string of the molecule is Cc1c(C#N)cc(C(F)F)cc1Oc1c(C(F)(F)C(F)F)ncn(Cc2ccc(C(C)(C)O)[nH]c2=O)c1=O. The van der Waals surface area contributed by atoms with Gasteiger partial charge in [0.05, 0.1) is 30.1 Å². The van der Waals surface area contributed by atoms with Crippen molar-refractivity contribution in [2.24, 2.45) is 0 Å². The van der Waals surface area contributed by atoms with Crippen molar-refractivity contribution in [3.05, 3.63) is 84.9 Å². The number of alkyl halides is 6. The van der Waals surface area contributed by atoms with Crippen molar-refractivity contribution in [2.75, 3.05) is 0 Å². The Morgan fingerprint density at radius 1 is 1.18 bits per heavy atom. The number of nitriles is 1. The first-order valence-corrected chi connectivity index (χ1v) is 10.8. The second-order valence-corrected chi connectivity index (χ2v) is 8.77. The van der Waals surface area contributed by atoms with Crippen LogP contribution in [0.5, 0.6) is 11.5 Å². The minimum atomic E-state index is -4.98. The number of aromatic amines is 1. The van der Waals surface area contributed by atoms with Gasteiger partial charge >= 0.3 is 12.3 Å². The smallest absolute Gasteiger partial charge is 0.352 e. The molecule has 0 spiro atoms. The fourth-order valence-electron chi connectivity index (χ4n) is 3.35. The Balaban J connectivity index is 2.19. The quantitative estimate of drug-likeness (QED) is 0.405. The lowest BCUT2D eigenvalue weighted by atomic mass is 10.0. The Hall–Kier alpha value is -4.12. The molecule has 0 fully saturated rings. The van der Waals surface area contributed by atoms with Crippen molar-refractivity contribution in [2.45, 2.75) is 51.7 Å². The Morgan fingerprint density at radius 2 is 1.84 bits per heavy atom. The zero-order valence-corrected chi connectivity index (χ0v) is 20.0. The Kier molecular flexibility index (Phi) is 7.73. The maximum atomic E-state index is 14.4. The first-order chi connectivity index (χ1) is 17.6. The standard InChI is InChI=1S/C24H20F6N4O4/c1-11-14(8-31)6-13(19(25)26)7-15(11)38-17-18(24(29,30)22(27)28)32-10-34(21(17)36)9-12-4-5-16(23(2,3)37)33-20(12)35/h4-7,10,19,22,37H,9H2,1-3H3,(H,33,35). The molecule has 0 aliphatic heterocycles. The number of benzene rings is 1. The number of nitrogens with one attached hydrogen (secondary N) is 1. The number of nitrogens with zero attached hydrogens (tertiary/aromatic N) is 3. The van der Waals surface area contributed by atoms with Crippen LogP contribution in [0.4, 0.5) is 26.3 Å². The molecule has 0 aliphatic rings. The summed E-state index contributed by atoms with van der Waals surface area (Å²) in [6.45, 7) is 3.44. The highest BCUT2D eigenvalue weighted by molar-refractivity contribution is 5.51. The van der Waals surface area contributed by atoms with Gasteiger partial charge in [-0.05, 0) is 45.0 Å². The first kappa shape index (κ1) is 28.5. The van der Waals surface area contributed by atoms with E-state index in [9.17, 15) is 46.3 Å². The minimum absolute atomic E-state index is 0.0936. The summed E-state index contributed by atoms with van der Waals surface area (Å²) in [5, 5.41) is 19.3. The number of rotatable bonds is 8. The van der Waals surface area contributed by atoms with Gasteiger partial charge in [-0.1, -0.05) is 0 Å². The van der Waals surface area contributed by atoms with Crippen LogP contribution < -0.4 is 15.9 Å². The first-order valence-electron chi connectivity index (χ1n) is 10.8. The average molecular weight is 542 g/mol. The highest BCUT2D eigenvalue weighted by Crippen LogP contribution is 2.39. The summed E-state index contributed by atoms with van der Waals surface area (Å²) >= 11 is 0. The Morgan fingerprint density at radius 3 is 2.37 bits per heavy atom. The van der Waals surface area contributed by atoms with Crippen LogP contribution >= 0.6 is 0 Å². The molecule has 0 saturated carbocycles. The van der Waals surface area contributed by atoms with Gasteiger partial charge in [0, 0.05) is 22.4 Å². The summed E-state index contributed by atoms with van der Waals surface area (Å²) in [4.78, 5) is 31.3. The van der Waals surface area contributed by atoms with Crippen molar-refractivity contribution in [3.8, 4) is 17.6 Å². The fraction of sp³-hybridized carbons (Fsp3) is 0.333. The van der Waals surface area contributed by atoms with Gasteiger partial charge in [-0.2, -0.15) is 14.0 Å². The number of hydrogen-bond acceptors (Lipinski definition) is 6. The third-order valence-corrected chi connectivity index (χ3v) is 5.54. The molecule has 38 heavy (non-hydrogen) atoms. The van der Waals surface area contributed by atoms with Crippen LogP contribution in [0.25, 0.3) is 0 Å². The molecule has 2 heterocycles. The van der Waals surface area contributed by atoms with Gasteiger partial charge in [-0.15, -0.1) is 0 Å². The van der Waals surface area contributed by atoms with Crippen molar-refractivity contribution in [1.29, 1.82) is 5.26 Å². The lowest BCUT2D eigenvalue weighted by Gasteiger charge is -2.20. The molecule has 0 amide bonds. The summed E-state index contributed by atoms with van der Waals surface area (Å²) in [7, 11) is 0. The molecule has 14 heteroatoms. The van der Waals surface area contributed by atoms with Crippen molar-refractivity contribution < 1.29 is 36.2 Å². The van der Waals surface area contributed by atoms with Crippen LogP contribution in [-0.4, -0.2) is 26.1 Å². The second-order valence-electron chi connectivity index (χ2n) is 8.77. The number of pyridine rings is 1. The zero-order chi connectivity index (χ0) is 28.6. The molecule has 0 unspecified atom stereocenters. The van der Waals surface area contributed by atoms with Gasteiger partial charge in [0.25, 0.3) is 17.5 Å². The van der Waals surface area contributed by atoms with Crippen LogP contribution in [0.3, 0.4) is 0 Å². The summed E-state index contributed by atoms with van der Waals surface area (Å²) < 4.78 is 87.6. The Labute approximate surface area is 210 Å². The topological polar surface area (TPSA) is 121 Å². The van der Waals surface area contributed by atoms with Crippen LogP contribution in [-0.2, 0) is 18.1 Å². The molecule has 0 radical (unpaired) electrons. The molecule has 8 nitrogen and oxygen atoms in total. The van der Waals surface area contributed by atoms with Crippen molar-refractivity contribution in [1.82, 2.24) is 14.5 Å². The van der Waals surface area contributed by atoms with E-state index in [2.05, 4.69) is 9.97 Å². The molecule has 0 atom stereocenters. The normalized spacial score (nSPS) is 12.2. The van der Waals surface area contributed by atoms with E-state index in [1.807, 2.05) is 0 Å². The van der Waals surface area contributed by atoms with E-state index in [0.717, 1.165) is 6.07 Å². The monoisotopic (exact) mass is 542 g/mol. The number of H-pyrrole nitrogens is 1. The third kappa shape index (κ3) is 5.57. The number of ether oxygens (including phenoxy) is 1. The number of aromatic nitrogens is 3. The molecule has 2 N–H and O–H groups in total. The molecule has 3 rings (SSSR count). The van der Waals surface area contributed by atoms with Crippen molar-refractivity contribution in [3.63, 3.8) is 0 Å².